The average Bonchev–Trinajstić information content (AvgIpc) is 3.95. The minimum absolute atomic E-state index is 0.00152. The van der Waals surface area contributed by atoms with Gasteiger partial charge in [0.05, 0.1) is 55.4 Å². The number of carbonyl (C=O) groups is 4. The highest BCUT2D eigenvalue weighted by Crippen LogP contribution is 2.35. The molecule has 2 N–H and O–H groups in total. The molecular formula is C40H48N6O6. The third-order valence-corrected chi connectivity index (χ3v) is 10.5. The summed E-state index contributed by atoms with van der Waals surface area (Å²) in [6.45, 7) is 8.98. The summed E-state index contributed by atoms with van der Waals surface area (Å²) in [5.41, 5.74) is 6.23. The Morgan fingerprint density at radius 3 is 2.23 bits per heavy atom. The van der Waals surface area contributed by atoms with Crippen LogP contribution in [0.2, 0.25) is 0 Å². The van der Waals surface area contributed by atoms with Gasteiger partial charge >= 0.3 is 12.1 Å². The molecule has 0 spiro atoms. The second kappa shape index (κ2) is 15.6. The van der Waals surface area contributed by atoms with E-state index in [0.29, 0.717) is 19.5 Å². The predicted molar refractivity (Wildman–Crippen MR) is 197 cm³/mol. The molecule has 274 valence electrons. The van der Waals surface area contributed by atoms with Gasteiger partial charge in [-0.1, -0.05) is 45.6 Å². The van der Waals surface area contributed by atoms with Gasteiger partial charge in [-0.2, -0.15) is 0 Å². The SMILES string of the molecule is COC(=O)C[C@@H](C(=O)N1CCC[C@H]1c1nc2ccc(C#Cc3ccc4c(c3)N=C([C@@H]3CCCN3C(=O)[C@@H](NC(=O)OC)C(C)C)C4)cc2[nH]1)C(C)C. The smallest absolute Gasteiger partial charge is 0.407 e. The summed E-state index contributed by atoms with van der Waals surface area (Å²) in [4.78, 5) is 68.2. The first-order chi connectivity index (χ1) is 25.0. The number of likely N-dealkylation sites (tertiary alicyclic amines) is 2. The molecule has 12 heteroatoms. The molecule has 3 amide bonds. The first-order valence-corrected chi connectivity index (χ1v) is 18.2. The maximum absolute atomic E-state index is 13.6. The van der Waals surface area contributed by atoms with Gasteiger partial charge in [0.2, 0.25) is 11.8 Å². The van der Waals surface area contributed by atoms with Crippen molar-refractivity contribution in [1.82, 2.24) is 25.1 Å². The van der Waals surface area contributed by atoms with Crippen LogP contribution in [0.15, 0.2) is 41.4 Å². The van der Waals surface area contributed by atoms with Crippen LogP contribution < -0.4 is 5.32 Å². The van der Waals surface area contributed by atoms with E-state index < -0.39 is 18.1 Å². The van der Waals surface area contributed by atoms with E-state index in [4.69, 9.17) is 19.5 Å². The summed E-state index contributed by atoms with van der Waals surface area (Å²) >= 11 is 0. The van der Waals surface area contributed by atoms with Crippen LogP contribution in [0.5, 0.6) is 0 Å². The topological polar surface area (TPSA) is 146 Å². The van der Waals surface area contributed by atoms with E-state index in [0.717, 1.165) is 70.6 Å². The number of nitrogens with one attached hydrogen (secondary N) is 2. The van der Waals surface area contributed by atoms with Crippen LogP contribution in [0.1, 0.15) is 88.4 Å². The molecule has 12 nitrogen and oxygen atoms in total. The van der Waals surface area contributed by atoms with E-state index in [1.807, 2.05) is 67.8 Å². The van der Waals surface area contributed by atoms with Gasteiger partial charge in [-0.15, -0.1) is 0 Å². The number of H-pyrrole nitrogens is 1. The molecule has 4 atom stereocenters. The largest absolute Gasteiger partial charge is 0.469 e. The fourth-order valence-corrected chi connectivity index (χ4v) is 7.54. The van der Waals surface area contributed by atoms with Crippen molar-refractivity contribution in [2.24, 2.45) is 22.7 Å². The van der Waals surface area contributed by atoms with Gasteiger partial charge in [-0.3, -0.25) is 19.4 Å². The van der Waals surface area contributed by atoms with Crippen LogP contribution in [0.4, 0.5) is 10.5 Å². The molecular weight excluding hydrogens is 660 g/mol. The molecule has 0 radical (unpaired) electrons. The number of alkyl carbamates (subject to hydrolysis) is 1. The lowest BCUT2D eigenvalue weighted by molar-refractivity contribution is -0.148. The number of imidazole rings is 1. The van der Waals surface area contributed by atoms with Crippen LogP contribution in [0, 0.1) is 29.6 Å². The Bertz CT molecular complexity index is 1950. The number of aromatic nitrogens is 2. The third-order valence-electron chi connectivity index (χ3n) is 10.5. The number of aliphatic imine (C=N–C) groups is 1. The second-order valence-corrected chi connectivity index (χ2v) is 14.6. The monoisotopic (exact) mass is 708 g/mol. The van der Waals surface area contributed by atoms with Crippen LogP contribution in [-0.2, 0) is 30.3 Å². The first-order valence-electron chi connectivity index (χ1n) is 18.2. The number of methoxy groups -OCH3 is 2. The Morgan fingerprint density at radius 1 is 0.885 bits per heavy atom. The van der Waals surface area contributed by atoms with Gasteiger partial charge in [0.1, 0.15) is 11.9 Å². The summed E-state index contributed by atoms with van der Waals surface area (Å²) in [5.74, 6) is 6.23. The summed E-state index contributed by atoms with van der Waals surface area (Å²) in [6, 6.07) is 10.9. The Balaban J connectivity index is 1.16. The van der Waals surface area contributed by atoms with E-state index in [2.05, 4.69) is 28.2 Å². The Morgan fingerprint density at radius 2 is 1.56 bits per heavy atom. The quantitative estimate of drug-likeness (QED) is 0.222. The van der Waals surface area contributed by atoms with Crippen molar-refractivity contribution in [3.05, 3.63) is 58.9 Å². The second-order valence-electron chi connectivity index (χ2n) is 14.6. The van der Waals surface area contributed by atoms with Crippen molar-refractivity contribution in [3.63, 3.8) is 0 Å². The highest BCUT2D eigenvalue weighted by Gasteiger charge is 2.40. The first kappa shape index (κ1) is 36.6. The van der Waals surface area contributed by atoms with Gasteiger partial charge in [0.25, 0.3) is 0 Å². The van der Waals surface area contributed by atoms with Crippen LogP contribution in [0.25, 0.3) is 11.0 Å². The van der Waals surface area contributed by atoms with Gasteiger partial charge in [0.15, 0.2) is 0 Å². The normalized spacial score (nSPS) is 19.3. The molecule has 3 aromatic rings. The number of amides is 3. The van der Waals surface area contributed by atoms with Crippen molar-refractivity contribution in [2.75, 3.05) is 27.3 Å². The van der Waals surface area contributed by atoms with Gasteiger partial charge in [-0.25, -0.2) is 9.78 Å². The number of rotatable bonds is 9. The zero-order valence-electron chi connectivity index (χ0n) is 30.8. The standard InChI is InChI=1S/C40H48N6O6/c1-23(2)28(22-35(47)51-5)38(48)46-18-8-10-34(46)37-42-29-16-14-26(20-31(29)43-37)12-11-25-13-15-27-21-32(41-30(27)19-25)33-9-7-17-45(33)39(49)36(24(3)4)44-40(50)52-6/h13-16,19-20,23-24,28,33-34,36H,7-10,17-18,21-22H2,1-6H3,(H,42,43)(H,44,50)/t28-,33+,34+,36+/m1/s1. The molecule has 0 aliphatic carbocycles. The number of carbonyl (C=O) groups excluding carboxylic acids is 4. The summed E-state index contributed by atoms with van der Waals surface area (Å²) in [5, 5.41) is 2.71. The van der Waals surface area contributed by atoms with Gasteiger partial charge < -0.3 is 29.6 Å². The molecule has 3 aliphatic rings. The van der Waals surface area contributed by atoms with Crippen LogP contribution >= 0.6 is 0 Å². The summed E-state index contributed by atoms with van der Waals surface area (Å²) < 4.78 is 9.63. The van der Waals surface area contributed by atoms with E-state index in [9.17, 15) is 19.2 Å². The zero-order valence-corrected chi connectivity index (χ0v) is 30.8. The molecule has 0 bridgehead atoms. The van der Waals surface area contributed by atoms with Crippen molar-refractivity contribution in [3.8, 4) is 11.8 Å². The molecule has 0 unspecified atom stereocenters. The van der Waals surface area contributed by atoms with Gasteiger partial charge in [-0.05, 0) is 73.4 Å². The van der Waals surface area contributed by atoms with Crippen molar-refractivity contribution < 1.29 is 28.7 Å². The fourth-order valence-electron chi connectivity index (χ4n) is 7.54. The molecule has 2 saturated heterocycles. The highest BCUT2D eigenvalue weighted by atomic mass is 16.5. The lowest BCUT2D eigenvalue weighted by Gasteiger charge is -2.30. The molecule has 1 aromatic heterocycles. The zero-order chi connectivity index (χ0) is 37.1. The molecule has 52 heavy (non-hydrogen) atoms. The number of benzene rings is 2. The van der Waals surface area contributed by atoms with E-state index in [-0.39, 0.29) is 48.1 Å². The Labute approximate surface area is 304 Å². The predicted octanol–water partition coefficient (Wildman–Crippen LogP) is 5.46. The maximum Gasteiger partial charge on any atom is 0.407 e. The lowest BCUT2D eigenvalue weighted by atomic mass is 9.91. The number of fused-ring (bicyclic) bond motifs is 2. The molecule has 4 heterocycles. The summed E-state index contributed by atoms with van der Waals surface area (Å²) in [7, 11) is 2.64. The van der Waals surface area contributed by atoms with Crippen molar-refractivity contribution in [2.45, 2.75) is 84.3 Å². The highest BCUT2D eigenvalue weighted by molar-refractivity contribution is 6.01. The molecule has 3 aliphatic heterocycles. The average molecular weight is 709 g/mol. The number of nitrogens with zero attached hydrogens (tertiary/aromatic N) is 4. The Kier molecular flexibility index (Phi) is 11.0. The van der Waals surface area contributed by atoms with Crippen LogP contribution in [0.3, 0.4) is 0 Å². The number of ether oxygens (including phenoxy) is 2. The Hall–Kier alpha value is -5.18. The fraction of sp³-hybridized carbons (Fsp3) is 0.500. The number of hydrogen-bond acceptors (Lipinski definition) is 8. The molecule has 2 fully saturated rings. The van der Waals surface area contributed by atoms with Crippen LogP contribution in [-0.4, -0.2) is 88.7 Å². The van der Waals surface area contributed by atoms with E-state index in [1.165, 1.54) is 14.2 Å². The lowest BCUT2D eigenvalue weighted by Crippen LogP contribution is -2.53. The minimum Gasteiger partial charge on any atom is -0.469 e. The number of aromatic amines is 1. The van der Waals surface area contributed by atoms with E-state index in [1.54, 1.807) is 0 Å². The van der Waals surface area contributed by atoms with Crippen molar-refractivity contribution >= 4 is 46.3 Å². The third kappa shape index (κ3) is 7.69. The maximum atomic E-state index is 13.6. The number of hydrogen-bond donors (Lipinski definition) is 2. The number of esters is 1. The van der Waals surface area contributed by atoms with Crippen molar-refractivity contribution in [1.29, 1.82) is 0 Å². The minimum atomic E-state index is -0.671. The van der Waals surface area contributed by atoms with Gasteiger partial charge in [0, 0.05) is 36.3 Å². The summed E-state index contributed by atoms with van der Waals surface area (Å²) in [6.07, 6.45) is 3.48. The van der Waals surface area contributed by atoms with E-state index >= 15 is 0 Å². The molecule has 2 aromatic carbocycles. The molecule has 0 saturated carbocycles. The molecule has 6 rings (SSSR count).